The Morgan fingerprint density at radius 3 is 2.46 bits per heavy atom. The Balaban J connectivity index is 1.95. The van der Waals surface area contributed by atoms with Crippen LogP contribution in [0.1, 0.15) is 27.3 Å². The molecule has 0 atom stereocenters. The quantitative estimate of drug-likeness (QED) is 0.662. The van der Waals surface area contributed by atoms with Gasteiger partial charge in [0.15, 0.2) is 0 Å². The van der Waals surface area contributed by atoms with Crippen molar-refractivity contribution in [2.45, 2.75) is 20.4 Å². The van der Waals surface area contributed by atoms with Gasteiger partial charge in [-0.3, -0.25) is 9.48 Å². The molecule has 0 bridgehead atoms. The third-order valence-electron chi connectivity index (χ3n) is 4.41. The maximum Gasteiger partial charge on any atom is 0.259 e. The van der Waals surface area contributed by atoms with Crippen LogP contribution in [0.2, 0.25) is 10.0 Å². The highest BCUT2D eigenvalue weighted by molar-refractivity contribution is 6.42. The summed E-state index contributed by atoms with van der Waals surface area (Å²) in [5.41, 5.74) is 3.42. The van der Waals surface area contributed by atoms with E-state index in [4.69, 9.17) is 23.2 Å². The number of hydrogen-bond acceptors (Lipinski definition) is 2. The van der Waals surface area contributed by atoms with Gasteiger partial charge in [-0.25, -0.2) is 0 Å². The van der Waals surface area contributed by atoms with E-state index in [-0.39, 0.29) is 5.91 Å². The van der Waals surface area contributed by atoms with Crippen LogP contribution in [-0.4, -0.2) is 32.2 Å². The molecule has 0 aliphatic rings. The Bertz CT molecular complexity index is 955. The average Bonchev–Trinajstić information content (AvgIpc) is 3.13. The summed E-state index contributed by atoms with van der Waals surface area (Å²) in [6.45, 7) is 4.36. The first kappa shape index (κ1) is 18.5. The molecular formula is C19H20Cl2N4O. The van der Waals surface area contributed by atoms with Crippen LogP contribution >= 0.6 is 23.2 Å². The molecule has 3 rings (SSSR count). The van der Waals surface area contributed by atoms with Crippen molar-refractivity contribution in [3.63, 3.8) is 0 Å². The minimum Gasteiger partial charge on any atom is -0.337 e. The zero-order valence-corrected chi connectivity index (χ0v) is 16.6. The molecule has 1 aromatic carbocycles. The van der Waals surface area contributed by atoms with Gasteiger partial charge in [-0.1, -0.05) is 35.3 Å². The van der Waals surface area contributed by atoms with Gasteiger partial charge in [-0.2, -0.15) is 5.10 Å². The lowest BCUT2D eigenvalue weighted by molar-refractivity contribution is 0.0785. The van der Waals surface area contributed by atoms with Gasteiger partial charge < -0.3 is 9.47 Å². The number of rotatable bonds is 4. The number of amides is 1. The molecule has 3 aromatic rings. The summed E-state index contributed by atoms with van der Waals surface area (Å²) in [6.07, 6.45) is 1.60. The van der Waals surface area contributed by atoms with E-state index in [1.54, 1.807) is 28.9 Å². The number of nitrogens with zero attached hydrogens (tertiary/aromatic N) is 4. The van der Waals surface area contributed by atoms with Gasteiger partial charge in [0.25, 0.3) is 5.91 Å². The minimum absolute atomic E-state index is 0.128. The van der Waals surface area contributed by atoms with E-state index in [0.717, 1.165) is 22.8 Å². The summed E-state index contributed by atoms with van der Waals surface area (Å²) >= 11 is 12.3. The predicted octanol–water partition coefficient (Wildman–Crippen LogP) is 4.41. The third kappa shape index (κ3) is 3.24. The van der Waals surface area contributed by atoms with Gasteiger partial charge >= 0.3 is 0 Å². The first-order valence-electron chi connectivity index (χ1n) is 8.17. The summed E-state index contributed by atoms with van der Waals surface area (Å²) in [7, 11) is 3.57. The van der Waals surface area contributed by atoms with Gasteiger partial charge in [-0.15, -0.1) is 0 Å². The molecule has 0 saturated heterocycles. The van der Waals surface area contributed by atoms with Gasteiger partial charge in [0, 0.05) is 32.0 Å². The number of carbonyl (C=O) groups excluding carboxylic acids is 1. The summed E-state index contributed by atoms with van der Waals surface area (Å²) in [5, 5.41) is 5.25. The molecule has 0 fully saturated rings. The highest BCUT2D eigenvalue weighted by Crippen LogP contribution is 2.27. The second-order valence-corrected chi connectivity index (χ2v) is 7.12. The molecular weight excluding hydrogens is 371 g/mol. The highest BCUT2D eigenvalue weighted by Gasteiger charge is 2.23. The zero-order chi connectivity index (χ0) is 19.0. The number of aromatic nitrogens is 3. The zero-order valence-electron chi connectivity index (χ0n) is 15.1. The van der Waals surface area contributed by atoms with Crippen molar-refractivity contribution >= 4 is 29.1 Å². The maximum absolute atomic E-state index is 13.1. The average molecular weight is 391 g/mol. The van der Waals surface area contributed by atoms with Gasteiger partial charge in [-0.05, 0) is 37.6 Å². The van der Waals surface area contributed by atoms with Crippen LogP contribution in [0.15, 0.2) is 36.5 Å². The number of hydrogen-bond donors (Lipinski definition) is 0. The molecule has 5 nitrogen and oxygen atoms in total. The van der Waals surface area contributed by atoms with Crippen LogP contribution < -0.4 is 0 Å². The van der Waals surface area contributed by atoms with Crippen LogP contribution in [0.5, 0.6) is 0 Å². The van der Waals surface area contributed by atoms with Crippen molar-refractivity contribution in [3.8, 4) is 5.82 Å². The van der Waals surface area contributed by atoms with Crippen molar-refractivity contribution in [2.75, 3.05) is 7.05 Å². The number of aryl methyl sites for hydroxylation is 3. The van der Waals surface area contributed by atoms with Crippen molar-refractivity contribution in [2.24, 2.45) is 7.05 Å². The lowest BCUT2D eigenvalue weighted by Crippen LogP contribution is -2.27. The van der Waals surface area contributed by atoms with Gasteiger partial charge in [0.05, 0.1) is 16.2 Å². The van der Waals surface area contributed by atoms with Crippen LogP contribution in [-0.2, 0) is 13.6 Å². The Morgan fingerprint density at radius 2 is 1.81 bits per heavy atom. The van der Waals surface area contributed by atoms with E-state index >= 15 is 0 Å². The van der Waals surface area contributed by atoms with Crippen LogP contribution in [0.25, 0.3) is 5.82 Å². The smallest absolute Gasteiger partial charge is 0.259 e. The van der Waals surface area contributed by atoms with Crippen LogP contribution in [0.3, 0.4) is 0 Å². The summed E-state index contributed by atoms with van der Waals surface area (Å²) in [6, 6.07) is 9.45. The molecule has 0 aliphatic heterocycles. The molecule has 0 radical (unpaired) electrons. The summed E-state index contributed by atoms with van der Waals surface area (Å²) in [4.78, 5) is 14.7. The Hall–Kier alpha value is -2.24. The molecule has 0 N–H and O–H groups in total. The lowest BCUT2D eigenvalue weighted by Gasteiger charge is -2.19. The Morgan fingerprint density at radius 1 is 1.15 bits per heavy atom. The topological polar surface area (TPSA) is 43.1 Å². The monoisotopic (exact) mass is 390 g/mol. The van der Waals surface area contributed by atoms with Crippen molar-refractivity contribution in [1.82, 2.24) is 19.2 Å². The molecule has 0 unspecified atom stereocenters. The number of benzene rings is 1. The fourth-order valence-electron chi connectivity index (χ4n) is 3.05. The first-order valence-corrected chi connectivity index (χ1v) is 8.92. The van der Waals surface area contributed by atoms with E-state index in [1.165, 1.54) is 0 Å². The van der Waals surface area contributed by atoms with Crippen molar-refractivity contribution in [3.05, 3.63) is 69.1 Å². The highest BCUT2D eigenvalue weighted by atomic mass is 35.5. The summed E-state index contributed by atoms with van der Waals surface area (Å²) in [5.74, 6) is 0.621. The van der Waals surface area contributed by atoms with Crippen molar-refractivity contribution < 1.29 is 4.79 Å². The standard InChI is InChI=1S/C19H20Cl2N4O/c1-12-8-9-13(2)25(12)18-15(10-22-24(18)4)19(26)23(3)11-14-6-5-7-16(20)17(14)21/h5-10H,11H2,1-4H3. The fraction of sp³-hybridized carbons (Fsp3) is 0.263. The van der Waals surface area contributed by atoms with E-state index in [0.29, 0.717) is 22.2 Å². The SMILES string of the molecule is Cc1ccc(C)n1-c1c(C(=O)N(C)Cc2cccc(Cl)c2Cl)cnn1C. The van der Waals surface area contributed by atoms with E-state index in [1.807, 2.05) is 49.7 Å². The van der Waals surface area contributed by atoms with Gasteiger partial charge in [0.1, 0.15) is 11.4 Å². The molecule has 2 heterocycles. The molecule has 0 saturated carbocycles. The van der Waals surface area contributed by atoms with Crippen LogP contribution in [0.4, 0.5) is 0 Å². The van der Waals surface area contributed by atoms with Crippen LogP contribution in [0, 0.1) is 13.8 Å². The van der Waals surface area contributed by atoms with E-state index in [2.05, 4.69) is 5.10 Å². The molecule has 0 spiro atoms. The molecule has 1 amide bonds. The fourth-order valence-corrected chi connectivity index (χ4v) is 3.43. The molecule has 0 aliphatic carbocycles. The minimum atomic E-state index is -0.128. The third-order valence-corrected chi connectivity index (χ3v) is 5.26. The van der Waals surface area contributed by atoms with Gasteiger partial charge in [0.2, 0.25) is 0 Å². The van der Waals surface area contributed by atoms with Crippen molar-refractivity contribution in [1.29, 1.82) is 0 Å². The largest absolute Gasteiger partial charge is 0.337 e. The first-order chi connectivity index (χ1) is 12.3. The Labute approximate surface area is 162 Å². The summed E-state index contributed by atoms with van der Waals surface area (Å²) < 4.78 is 3.74. The molecule has 26 heavy (non-hydrogen) atoms. The maximum atomic E-state index is 13.1. The number of halogens is 2. The molecule has 136 valence electrons. The normalized spacial score (nSPS) is 11.0. The number of carbonyl (C=O) groups is 1. The molecule has 2 aromatic heterocycles. The predicted molar refractivity (Wildman–Crippen MR) is 104 cm³/mol. The molecule has 7 heteroatoms. The second kappa shape index (κ2) is 7.17. The second-order valence-electron chi connectivity index (χ2n) is 6.33. The Kier molecular flexibility index (Phi) is 5.12. The lowest BCUT2D eigenvalue weighted by atomic mass is 10.2. The van der Waals surface area contributed by atoms with E-state index in [9.17, 15) is 4.79 Å². The van der Waals surface area contributed by atoms with E-state index < -0.39 is 0 Å².